The molecular formula is C7H12F3NO. The molecule has 0 radical (unpaired) electrons. The van der Waals surface area contributed by atoms with Crippen molar-refractivity contribution in [2.45, 2.75) is 32.5 Å². The fourth-order valence-electron chi connectivity index (χ4n) is 0.753. The van der Waals surface area contributed by atoms with Gasteiger partial charge in [0.1, 0.15) is 6.29 Å². The molecule has 0 saturated heterocycles. The summed E-state index contributed by atoms with van der Waals surface area (Å²) in [6.45, 7) is 2.05. The van der Waals surface area contributed by atoms with Crippen molar-refractivity contribution in [2.24, 2.45) is 11.1 Å². The van der Waals surface area contributed by atoms with Gasteiger partial charge in [0.25, 0.3) is 0 Å². The summed E-state index contributed by atoms with van der Waals surface area (Å²) in [6.07, 6.45) is -4.36. The van der Waals surface area contributed by atoms with Gasteiger partial charge in [0.2, 0.25) is 0 Å². The Morgan fingerprint density at radius 3 is 2.08 bits per heavy atom. The van der Waals surface area contributed by atoms with Crippen LogP contribution in [0.3, 0.4) is 0 Å². The van der Waals surface area contributed by atoms with E-state index in [1.807, 2.05) is 0 Å². The van der Waals surface area contributed by atoms with Crippen molar-refractivity contribution in [3.63, 3.8) is 0 Å². The highest BCUT2D eigenvalue weighted by Gasteiger charge is 2.47. The lowest BCUT2D eigenvalue weighted by molar-refractivity contribution is -0.214. The first kappa shape index (κ1) is 11.4. The second-order valence-corrected chi connectivity index (χ2v) is 3.39. The van der Waals surface area contributed by atoms with Crippen LogP contribution < -0.4 is 5.73 Å². The standard InChI is InChI=1S/C7H12F3NO/c1-6(2,7(8,9)10)3-5(11)4-12/h4-5H,3,11H2,1-2H3. The fraction of sp³-hybridized carbons (Fsp3) is 0.857. The molecule has 0 fully saturated rings. The minimum Gasteiger partial charge on any atom is -0.322 e. The molecule has 2 N–H and O–H groups in total. The number of nitrogens with two attached hydrogens (primary N) is 1. The van der Waals surface area contributed by atoms with Gasteiger partial charge >= 0.3 is 6.18 Å². The van der Waals surface area contributed by atoms with Crippen molar-refractivity contribution >= 4 is 6.29 Å². The quantitative estimate of drug-likeness (QED) is 0.673. The van der Waals surface area contributed by atoms with Gasteiger partial charge in [0, 0.05) is 0 Å². The van der Waals surface area contributed by atoms with Gasteiger partial charge in [-0.15, -0.1) is 0 Å². The van der Waals surface area contributed by atoms with Gasteiger partial charge in [0.05, 0.1) is 11.5 Å². The second kappa shape index (κ2) is 3.43. The summed E-state index contributed by atoms with van der Waals surface area (Å²) < 4.78 is 36.5. The molecule has 0 aliphatic heterocycles. The molecule has 0 heterocycles. The zero-order valence-corrected chi connectivity index (χ0v) is 6.98. The highest BCUT2D eigenvalue weighted by Crippen LogP contribution is 2.40. The molecule has 2 nitrogen and oxygen atoms in total. The van der Waals surface area contributed by atoms with E-state index in [0.717, 1.165) is 13.8 Å². The molecular weight excluding hydrogens is 171 g/mol. The van der Waals surface area contributed by atoms with E-state index in [4.69, 9.17) is 5.73 Å². The lowest BCUT2D eigenvalue weighted by Gasteiger charge is -2.28. The number of hydrogen-bond acceptors (Lipinski definition) is 2. The van der Waals surface area contributed by atoms with Crippen molar-refractivity contribution in [3.05, 3.63) is 0 Å². The summed E-state index contributed by atoms with van der Waals surface area (Å²) in [5.41, 5.74) is 3.19. The van der Waals surface area contributed by atoms with Crippen molar-refractivity contribution in [1.29, 1.82) is 0 Å². The maximum absolute atomic E-state index is 12.2. The number of carbonyl (C=O) groups excluding carboxylic acids is 1. The van der Waals surface area contributed by atoms with E-state index in [9.17, 15) is 18.0 Å². The van der Waals surface area contributed by atoms with Crippen LogP contribution in [0.5, 0.6) is 0 Å². The predicted octanol–water partition coefficient (Wildman–Crippen LogP) is 1.49. The number of aldehydes is 1. The summed E-state index contributed by atoms with van der Waals surface area (Å²) in [5, 5.41) is 0. The van der Waals surface area contributed by atoms with Gasteiger partial charge < -0.3 is 10.5 Å². The Kier molecular flexibility index (Phi) is 3.26. The highest BCUT2D eigenvalue weighted by molar-refractivity contribution is 5.57. The third kappa shape index (κ3) is 2.81. The van der Waals surface area contributed by atoms with Gasteiger partial charge in [-0.1, -0.05) is 13.8 Å². The van der Waals surface area contributed by atoms with Crippen LogP contribution in [0.25, 0.3) is 0 Å². The number of alkyl halides is 3. The molecule has 0 rings (SSSR count). The van der Waals surface area contributed by atoms with E-state index in [0.29, 0.717) is 6.29 Å². The minimum atomic E-state index is -4.31. The number of halogens is 3. The van der Waals surface area contributed by atoms with E-state index in [1.165, 1.54) is 0 Å². The van der Waals surface area contributed by atoms with Crippen molar-refractivity contribution in [3.8, 4) is 0 Å². The molecule has 12 heavy (non-hydrogen) atoms. The van der Waals surface area contributed by atoms with Gasteiger partial charge in [0.15, 0.2) is 0 Å². The summed E-state index contributed by atoms with van der Waals surface area (Å²) >= 11 is 0. The molecule has 0 aromatic carbocycles. The maximum atomic E-state index is 12.2. The van der Waals surface area contributed by atoms with E-state index in [-0.39, 0.29) is 6.42 Å². The van der Waals surface area contributed by atoms with Gasteiger partial charge in [-0.05, 0) is 6.42 Å². The molecule has 0 aliphatic rings. The SMILES string of the molecule is CC(C)(CC(N)C=O)C(F)(F)F. The van der Waals surface area contributed by atoms with Gasteiger partial charge in [-0.2, -0.15) is 13.2 Å². The number of hydrogen-bond donors (Lipinski definition) is 1. The Morgan fingerprint density at radius 2 is 1.83 bits per heavy atom. The Balaban J connectivity index is 4.32. The first-order chi connectivity index (χ1) is 5.20. The molecule has 0 bridgehead atoms. The summed E-state index contributed by atoms with van der Waals surface area (Å²) in [5.74, 6) is 0. The third-order valence-corrected chi connectivity index (χ3v) is 1.69. The van der Waals surface area contributed by atoms with Crippen molar-refractivity contribution in [2.75, 3.05) is 0 Å². The topological polar surface area (TPSA) is 43.1 Å². The molecule has 5 heteroatoms. The van der Waals surface area contributed by atoms with Crippen molar-refractivity contribution in [1.82, 2.24) is 0 Å². The molecule has 0 aromatic heterocycles. The molecule has 0 spiro atoms. The van der Waals surface area contributed by atoms with Crippen LogP contribution in [-0.2, 0) is 4.79 Å². The fourth-order valence-corrected chi connectivity index (χ4v) is 0.753. The molecule has 72 valence electrons. The number of carbonyl (C=O) groups is 1. The minimum absolute atomic E-state index is 0.327. The highest BCUT2D eigenvalue weighted by atomic mass is 19.4. The first-order valence-electron chi connectivity index (χ1n) is 3.48. The Hall–Kier alpha value is -0.580. The van der Waals surface area contributed by atoms with Crippen molar-refractivity contribution < 1.29 is 18.0 Å². The summed E-state index contributed by atoms with van der Waals surface area (Å²) in [6, 6.07) is -1.04. The van der Waals surface area contributed by atoms with E-state index in [2.05, 4.69) is 0 Å². The molecule has 0 amide bonds. The van der Waals surface area contributed by atoms with Gasteiger partial charge in [-0.25, -0.2) is 0 Å². The Morgan fingerprint density at radius 1 is 1.42 bits per heavy atom. The average molecular weight is 183 g/mol. The van der Waals surface area contributed by atoms with Crippen LogP contribution in [0.2, 0.25) is 0 Å². The monoisotopic (exact) mass is 183 g/mol. The molecule has 1 unspecified atom stereocenters. The Bertz CT molecular complexity index is 165. The summed E-state index contributed by atoms with van der Waals surface area (Å²) in [4.78, 5) is 10.0. The van der Waals surface area contributed by atoms with Crippen LogP contribution >= 0.6 is 0 Å². The van der Waals surface area contributed by atoms with E-state index in [1.54, 1.807) is 0 Å². The number of rotatable bonds is 3. The zero-order chi connectivity index (χ0) is 9.99. The van der Waals surface area contributed by atoms with Gasteiger partial charge in [-0.3, -0.25) is 0 Å². The Labute approximate surface area is 68.9 Å². The molecule has 1 atom stereocenters. The molecule has 0 aliphatic carbocycles. The smallest absolute Gasteiger partial charge is 0.322 e. The molecule has 0 aromatic rings. The summed E-state index contributed by atoms with van der Waals surface area (Å²) in [7, 11) is 0. The van der Waals surface area contributed by atoms with E-state index < -0.39 is 17.6 Å². The third-order valence-electron chi connectivity index (χ3n) is 1.69. The maximum Gasteiger partial charge on any atom is 0.394 e. The lowest BCUT2D eigenvalue weighted by Crippen LogP contribution is -2.38. The molecule has 0 saturated carbocycles. The zero-order valence-electron chi connectivity index (χ0n) is 6.98. The first-order valence-corrected chi connectivity index (χ1v) is 3.48. The van der Waals surface area contributed by atoms with E-state index >= 15 is 0 Å². The predicted molar refractivity (Wildman–Crippen MR) is 38.5 cm³/mol. The second-order valence-electron chi connectivity index (χ2n) is 3.39. The normalized spacial score (nSPS) is 15.8. The van der Waals surface area contributed by atoms with Crippen LogP contribution in [0.15, 0.2) is 0 Å². The van der Waals surface area contributed by atoms with Crippen LogP contribution in [-0.4, -0.2) is 18.5 Å². The lowest BCUT2D eigenvalue weighted by atomic mass is 9.85. The largest absolute Gasteiger partial charge is 0.394 e. The van der Waals surface area contributed by atoms with Crippen LogP contribution in [0, 0.1) is 5.41 Å². The van der Waals surface area contributed by atoms with Crippen LogP contribution in [0.4, 0.5) is 13.2 Å². The van der Waals surface area contributed by atoms with Crippen LogP contribution in [0.1, 0.15) is 20.3 Å². The average Bonchev–Trinajstić information content (AvgIpc) is 1.84.